The van der Waals surface area contributed by atoms with Crippen molar-refractivity contribution in [2.45, 2.75) is 46.0 Å². The molecule has 1 rings (SSSR count). The van der Waals surface area contributed by atoms with Crippen LogP contribution in [0, 0.1) is 5.41 Å². The Balaban J connectivity index is 2.56. The minimum absolute atomic E-state index is 0.209. The van der Waals surface area contributed by atoms with Gasteiger partial charge in [0.05, 0.1) is 0 Å². The number of alkyl halides is 1. The summed E-state index contributed by atoms with van der Waals surface area (Å²) in [7, 11) is 0. The molecule has 0 aromatic carbocycles. The number of aromatic amines is 1. The molecule has 16 heavy (non-hydrogen) atoms. The zero-order valence-electron chi connectivity index (χ0n) is 10.4. The Morgan fingerprint density at radius 2 is 2.25 bits per heavy atom. The van der Waals surface area contributed by atoms with Crippen LogP contribution in [-0.2, 0) is 0 Å². The number of rotatable bonds is 6. The fourth-order valence-corrected chi connectivity index (χ4v) is 1.91. The van der Waals surface area contributed by atoms with Crippen molar-refractivity contribution in [1.29, 1.82) is 0 Å². The first-order valence-corrected chi connectivity index (χ1v) is 6.38. The van der Waals surface area contributed by atoms with E-state index in [1.165, 1.54) is 0 Å². The van der Waals surface area contributed by atoms with Crippen molar-refractivity contribution in [2.24, 2.45) is 5.41 Å². The van der Waals surface area contributed by atoms with Crippen LogP contribution in [0.1, 0.15) is 51.6 Å². The number of anilines is 1. The summed E-state index contributed by atoms with van der Waals surface area (Å²) in [5, 5.41) is 6.98. The van der Waals surface area contributed by atoms with Gasteiger partial charge in [-0.05, 0) is 24.7 Å². The van der Waals surface area contributed by atoms with E-state index in [0.717, 1.165) is 25.0 Å². The minimum Gasteiger partial charge on any atom is -0.382 e. The summed E-state index contributed by atoms with van der Waals surface area (Å²) in [6.45, 7) is 6.59. The Kier molecular flexibility index (Phi) is 4.66. The topological polar surface area (TPSA) is 54.7 Å². The molecule has 1 atom stereocenters. The van der Waals surface area contributed by atoms with Gasteiger partial charge >= 0.3 is 0 Å². The van der Waals surface area contributed by atoms with E-state index in [9.17, 15) is 0 Å². The average molecular weight is 244 g/mol. The number of H-pyrrole nitrogens is 1. The van der Waals surface area contributed by atoms with Gasteiger partial charge in [0, 0.05) is 23.6 Å². The predicted molar refractivity (Wildman–Crippen MR) is 69.8 cm³/mol. The van der Waals surface area contributed by atoms with Crippen LogP contribution >= 0.6 is 11.6 Å². The lowest BCUT2D eigenvalue weighted by Crippen LogP contribution is -2.14. The van der Waals surface area contributed by atoms with E-state index in [1.54, 1.807) is 0 Å². The summed E-state index contributed by atoms with van der Waals surface area (Å²) in [4.78, 5) is 0. The molecule has 0 amide bonds. The normalized spacial score (nSPS) is 14.0. The first-order valence-electron chi connectivity index (χ1n) is 5.85. The van der Waals surface area contributed by atoms with Crippen LogP contribution in [0.25, 0.3) is 0 Å². The molecule has 1 aromatic heterocycles. The highest BCUT2D eigenvalue weighted by Gasteiger charge is 2.20. The Morgan fingerprint density at radius 1 is 1.56 bits per heavy atom. The van der Waals surface area contributed by atoms with E-state index in [2.05, 4.69) is 31.0 Å². The fraction of sp³-hybridized carbons (Fsp3) is 0.750. The number of nitrogens with two attached hydrogens (primary N) is 1. The van der Waals surface area contributed by atoms with E-state index in [1.807, 2.05) is 6.07 Å². The highest BCUT2D eigenvalue weighted by atomic mass is 35.5. The van der Waals surface area contributed by atoms with Gasteiger partial charge in [0.15, 0.2) is 0 Å². The average Bonchev–Trinajstić information content (AvgIpc) is 2.66. The zero-order chi connectivity index (χ0) is 12.2. The van der Waals surface area contributed by atoms with Crippen molar-refractivity contribution >= 4 is 17.4 Å². The zero-order valence-corrected chi connectivity index (χ0v) is 11.1. The molecule has 0 saturated carbocycles. The summed E-state index contributed by atoms with van der Waals surface area (Å²) < 4.78 is 0. The highest BCUT2D eigenvalue weighted by Crippen LogP contribution is 2.31. The molecule has 0 aliphatic heterocycles. The molecule has 1 unspecified atom stereocenters. The van der Waals surface area contributed by atoms with Crippen LogP contribution in [0.2, 0.25) is 0 Å². The van der Waals surface area contributed by atoms with E-state index in [4.69, 9.17) is 17.3 Å². The third kappa shape index (κ3) is 3.71. The molecule has 0 saturated heterocycles. The molecule has 4 heteroatoms. The van der Waals surface area contributed by atoms with Gasteiger partial charge in [-0.3, -0.25) is 5.10 Å². The number of nitrogen functional groups attached to an aromatic ring is 1. The second-order valence-electron chi connectivity index (χ2n) is 5.19. The second kappa shape index (κ2) is 5.58. The molecular weight excluding hydrogens is 222 g/mol. The SMILES string of the molecule is CCC(CCC(C)(C)CCl)c1cc(N)n[nH]1. The summed E-state index contributed by atoms with van der Waals surface area (Å²) >= 11 is 5.93. The summed E-state index contributed by atoms with van der Waals surface area (Å²) in [6.07, 6.45) is 3.34. The summed E-state index contributed by atoms with van der Waals surface area (Å²) in [5.74, 6) is 1.78. The lowest BCUT2D eigenvalue weighted by Gasteiger charge is -2.23. The summed E-state index contributed by atoms with van der Waals surface area (Å²) in [5.41, 5.74) is 6.97. The lowest BCUT2D eigenvalue weighted by molar-refractivity contribution is 0.349. The molecule has 1 aromatic rings. The van der Waals surface area contributed by atoms with Gasteiger partial charge in [-0.1, -0.05) is 20.8 Å². The van der Waals surface area contributed by atoms with E-state index in [0.29, 0.717) is 17.6 Å². The second-order valence-corrected chi connectivity index (χ2v) is 5.46. The number of nitrogens with one attached hydrogen (secondary N) is 1. The van der Waals surface area contributed by atoms with Crippen molar-refractivity contribution in [2.75, 3.05) is 11.6 Å². The van der Waals surface area contributed by atoms with Crippen molar-refractivity contribution in [3.63, 3.8) is 0 Å². The van der Waals surface area contributed by atoms with Crippen LogP contribution in [0.4, 0.5) is 5.82 Å². The van der Waals surface area contributed by atoms with Gasteiger partial charge in [-0.2, -0.15) is 5.10 Å². The Labute approximate surface area is 103 Å². The van der Waals surface area contributed by atoms with Crippen LogP contribution < -0.4 is 5.73 Å². The van der Waals surface area contributed by atoms with Crippen LogP contribution in [0.15, 0.2) is 6.07 Å². The molecule has 0 bridgehead atoms. The van der Waals surface area contributed by atoms with Gasteiger partial charge < -0.3 is 5.73 Å². The molecule has 0 aliphatic rings. The Hall–Kier alpha value is -0.700. The molecule has 0 aliphatic carbocycles. The van der Waals surface area contributed by atoms with E-state index < -0.39 is 0 Å². The summed E-state index contributed by atoms with van der Waals surface area (Å²) in [6, 6.07) is 1.93. The first kappa shape index (κ1) is 13.4. The van der Waals surface area contributed by atoms with Gasteiger partial charge in [-0.25, -0.2) is 0 Å². The van der Waals surface area contributed by atoms with Gasteiger partial charge in [0.2, 0.25) is 0 Å². The van der Waals surface area contributed by atoms with Crippen molar-refractivity contribution in [1.82, 2.24) is 10.2 Å². The number of halogens is 1. The largest absolute Gasteiger partial charge is 0.382 e. The monoisotopic (exact) mass is 243 g/mol. The fourth-order valence-electron chi connectivity index (χ4n) is 1.77. The van der Waals surface area contributed by atoms with Crippen LogP contribution in [0.5, 0.6) is 0 Å². The first-order chi connectivity index (χ1) is 7.48. The van der Waals surface area contributed by atoms with Crippen LogP contribution in [-0.4, -0.2) is 16.1 Å². The van der Waals surface area contributed by atoms with Crippen molar-refractivity contribution in [3.8, 4) is 0 Å². The Morgan fingerprint density at radius 3 is 2.69 bits per heavy atom. The maximum atomic E-state index is 5.93. The van der Waals surface area contributed by atoms with Crippen molar-refractivity contribution < 1.29 is 0 Å². The standard InChI is InChI=1S/C12H22ClN3/c1-4-9(5-6-12(2,3)8-13)10-7-11(14)16-15-10/h7,9H,4-6,8H2,1-3H3,(H3,14,15,16). The molecule has 3 nitrogen and oxygen atoms in total. The third-order valence-corrected chi connectivity index (χ3v) is 3.80. The maximum Gasteiger partial charge on any atom is 0.145 e. The number of aromatic nitrogens is 2. The molecule has 0 spiro atoms. The minimum atomic E-state index is 0.209. The van der Waals surface area contributed by atoms with Crippen molar-refractivity contribution in [3.05, 3.63) is 11.8 Å². The molecule has 92 valence electrons. The number of hydrogen-bond acceptors (Lipinski definition) is 2. The molecule has 1 heterocycles. The predicted octanol–water partition coefficient (Wildman–Crippen LogP) is 3.53. The number of hydrogen-bond donors (Lipinski definition) is 2. The number of nitrogens with zero attached hydrogens (tertiary/aromatic N) is 1. The van der Waals surface area contributed by atoms with Crippen LogP contribution in [0.3, 0.4) is 0 Å². The molecule has 0 radical (unpaired) electrons. The Bertz CT molecular complexity index is 320. The van der Waals surface area contributed by atoms with E-state index >= 15 is 0 Å². The van der Waals surface area contributed by atoms with Gasteiger partial charge in [0.25, 0.3) is 0 Å². The highest BCUT2D eigenvalue weighted by molar-refractivity contribution is 6.18. The smallest absolute Gasteiger partial charge is 0.145 e. The molecule has 0 fully saturated rings. The maximum absolute atomic E-state index is 5.93. The lowest BCUT2D eigenvalue weighted by atomic mass is 9.84. The quantitative estimate of drug-likeness (QED) is 0.751. The van der Waals surface area contributed by atoms with Gasteiger partial charge in [0.1, 0.15) is 5.82 Å². The molecular formula is C12H22ClN3. The van der Waals surface area contributed by atoms with E-state index in [-0.39, 0.29) is 5.41 Å². The van der Waals surface area contributed by atoms with Gasteiger partial charge in [-0.15, -0.1) is 11.6 Å². The molecule has 3 N–H and O–H groups in total. The third-order valence-electron chi connectivity index (χ3n) is 3.08.